The van der Waals surface area contributed by atoms with Gasteiger partial charge in [-0.1, -0.05) is 36.4 Å². The van der Waals surface area contributed by atoms with Crippen molar-refractivity contribution in [2.45, 2.75) is 39.2 Å². The lowest BCUT2D eigenvalue weighted by molar-refractivity contribution is -0.131. The van der Waals surface area contributed by atoms with Crippen LogP contribution in [0.3, 0.4) is 0 Å². The van der Waals surface area contributed by atoms with Crippen molar-refractivity contribution in [3.63, 3.8) is 0 Å². The van der Waals surface area contributed by atoms with Crippen LogP contribution < -0.4 is 5.32 Å². The quantitative estimate of drug-likeness (QED) is 0.723. The number of hydrogen-bond donors (Lipinski definition) is 1. The van der Waals surface area contributed by atoms with Gasteiger partial charge in [-0.05, 0) is 56.0 Å². The molecule has 1 N–H and O–H groups in total. The molecule has 0 bridgehead atoms. The average Bonchev–Trinajstić information content (AvgIpc) is 2.77. The van der Waals surface area contributed by atoms with Gasteiger partial charge in [0.15, 0.2) is 0 Å². The van der Waals surface area contributed by atoms with Crippen LogP contribution >= 0.6 is 0 Å². The number of likely N-dealkylation sites (tertiary alicyclic amines) is 1. The highest BCUT2D eigenvalue weighted by Gasteiger charge is 2.25. The Kier molecular flexibility index (Phi) is 5.79. The van der Waals surface area contributed by atoms with Gasteiger partial charge in [-0.15, -0.1) is 0 Å². The largest absolute Gasteiger partial charge is 0.349 e. The Morgan fingerprint density at radius 2 is 1.67 bits per heavy atom. The number of para-hydroxylation sites is 1. The average molecular weight is 402 g/mol. The second kappa shape index (κ2) is 8.66. The molecule has 1 fully saturated rings. The fourth-order valence-electron chi connectivity index (χ4n) is 4.23. The number of nitrogens with one attached hydrogen (secondary N) is 1. The maximum atomic E-state index is 13.0. The third-order valence-electron chi connectivity index (χ3n) is 6.03. The highest BCUT2D eigenvalue weighted by Crippen LogP contribution is 2.24. The zero-order valence-electron chi connectivity index (χ0n) is 17.5. The number of fused-ring (bicyclic) bond motifs is 1. The zero-order valence-corrected chi connectivity index (χ0v) is 17.5. The Morgan fingerprint density at radius 1 is 1.00 bits per heavy atom. The third-order valence-corrected chi connectivity index (χ3v) is 6.03. The molecule has 30 heavy (non-hydrogen) atoms. The first kappa shape index (κ1) is 20.1. The van der Waals surface area contributed by atoms with Crippen molar-refractivity contribution in [2.24, 2.45) is 0 Å². The van der Waals surface area contributed by atoms with Crippen LogP contribution in [0.5, 0.6) is 0 Å². The number of pyridine rings is 1. The lowest BCUT2D eigenvalue weighted by atomic mass is 9.98. The highest BCUT2D eigenvalue weighted by atomic mass is 16.2. The van der Waals surface area contributed by atoms with Gasteiger partial charge in [-0.2, -0.15) is 0 Å². The van der Waals surface area contributed by atoms with Gasteiger partial charge >= 0.3 is 0 Å². The minimum atomic E-state index is -0.0473. The molecule has 4 rings (SSSR count). The minimum Gasteiger partial charge on any atom is -0.349 e. The fourth-order valence-corrected chi connectivity index (χ4v) is 4.23. The molecule has 5 heteroatoms. The molecule has 0 unspecified atom stereocenters. The van der Waals surface area contributed by atoms with Crippen molar-refractivity contribution in [2.75, 3.05) is 13.1 Å². The number of rotatable bonds is 4. The van der Waals surface area contributed by atoms with Crippen molar-refractivity contribution in [3.8, 4) is 0 Å². The predicted octanol–water partition coefficient (Wildman–Crippen LogP) is 3.82. The van der Waals surface area contributed by atoms with Gasteiger partial charge in [0.25, 0.3) is 5.91 Å². The molecule has 1 aliphatic heterocycles. The topological polar surface area (TPSA) is 62.3 Å². The summed E-state index contributed by atoms with van der Waals surface area (Å²) < 4.78 is 0. The summed E-state index contributed by atoms with van der Waals surface area (Å²) in [6.07, 6.45) is 1.92. The van der Waals surface area contributed by atoms with Gasteiger partial charge in [-0.3, -0.25) is 14.6 Å². The summed E-state index contributed by atoms with van der Waals surface area (Å²) in [5, 5.41) is 4.20. The van der Waals surface area contributed by atoms with Gasteiger partial charge < -0.3 is 10.2 Å². The monoisotopic (exact) mass is 401 g/mol. The summed E-state index contributed by atoms with van der Waals surface area (Å²) in [6.45, 7) is 5.38. The van der Waals surface area contributed by atoms with Crippen molar-refractivity contribution in [1.29, 1.82) is 0 Å². The number of hydrogen-bond acceptors (Lipinski definition) is 3. The maximum Gasteiger partial charge on any atom is 0.251 e. The smallest absolute Gasteiger partial charge is 0.251 e. The lowest BCUT2D eigenvalue weighted by Crippen LogP contribution is -2.47. The van der Waals surface area contributed by atoms with E-state index in [9.17, 15) is 9.59 Å². The molecular weight excluding hydrogens is 374 g/mol. The van der Waals surface area contributed by atoms with E-state index in [1.54, 1.807) is 0 Å². The molecule has 1 aromatic heterocycles. The van der Waals surface area contributed by atoms with Crippen LogP contribution in [0.1, 0.15) is 40.0 Å². The van der Waals surface area contributed by atoms with Crippen molar-refractivity contribution in [1.82, 2.24) is 15.2 Å². The van der Waals surface area contributed by atoms with Crippen molar-refractivity contribution < 1.29 is 9.59 Å². The molecule has 0 spiro atoms. The molecule has 1 saturated heterocycles. The van der Waals surface area contributed by atoms with Crippen LogP contribution in [0.15, 0.2) is 54.6 Å². The molecule has 3 aromatic rings. The first-order valence-corrected chi connectivity index (χ1v) is 10.5. The molecule has 0 radical (unpaired) electrons. The van der Waals surface area contributed by atoms with Gasteiger partial charge in [0.1, 0.15) is 0 Å². The van der Waals surface area contributed by atoms with Crippen LogP contribution in [-0.4, -0.2) is 40.8 Å². The lowest BCUT2D eigenvalue weighted by Gasteiger charge is -2.32. The van der Waals surface area contributed by atoms with Crippen LogP contribution in [0.25, 0.3) is 10.9 Å². The van der Waals surface area contributed by atoms with Crippen LogP contribution in [0.4, 0.5) is 0 Å². The number of carbonyl (C=O) groups is 2. The predicted molar refractivity (Wildman–Crippen MR) is 118 cm³/mol. The molecule has 0 atom stereocenters. The molecule has 0 saturated carbocycles. The summed E-state index contributed by atoms with van der Waals surface area (Å²) in [6, 6.07) is 17.4. The van der Waals surface area contributed by atoms with E-state index in [2.05, 4.69) is 23.3 Å². The Bertz CT molecular complexity index is 1070. The fraction of sp³-hybridized carbons (Fsp3) is 0.320. The number of amides is 2. The number of nitrogens with zero attached hydrogens (tertiary/aromatic N) is 2. The molecular formula is C25H27N3O2. The highest BCUT2D eigenvalue weighted by molar-refractivity contribution is 5.94. The number of carbonyl (C=O) groups excluding carboxylic acids is 2. The Hall–Kier alpha value is -3.21. The molecule has 0 aliphatic carbocycles. The number of aromatic nitrogens is 1. The second-order valence-electron chi connectivity index (χ2n) is 7.99. The number of piperidine rings is 1. The standard InChI is InChI=1S/C25H27N3O2/c1-17-21-10-6-7-11-23(21)26-18(2)22(17)16-24(29)28-14-12-20(13-15-28)27-25(30)19-8-4-3-5-9-19/h3-11,20H,12-16H2,1-2H3,(H,27,30). The second-order valence-corrected chi connectivity index (χ2v) is 7.99. The Labute approximate surface area is 177 Å². The van der Waals surface area contributed by atoms with E-state index < -0.39 is 0 Å². The van der Waals surface area contributed by atoms with Crippen LogP contribution in [-0.2, 0) is 11.2 Å². The Morgan fingerprint density at radius 3 is 2.40 bits per heavy atom. The van der Waals surface area contributed by atoms with Gasteiger partial charge in [-0.25, -0.2) is 0 Å². The number of benzene rings is 2. The number of aryl methyl sites for hydroxylation is 2. The maximum absolute atomic E-state index is 13.0. The summed E-state index contributed by atoms with van der Waals surface area (Å²) >= 11 is 0. The summed E-state index contributed by atoms with van der Waals surface area (Å²) in [5.41, 5.74) is 4.73. The van der Waals surface area contributed by atoms with Gasteiger partial charge in [0.05, 0.1) is 11.9 Å². The van der Waals surface area contributed by atoms with Crippen LogP contribution in [0.2, 0.25) is 0 Å². The zero-order chi connectivity index (χ0) is 21.1. The van der Waals surface area contributed by atoms with E-state index in [-0.39, 0.29) is 17.9 Å². The van der Waals surface area contributed by atoms with Crippen molar-refractivity contribution in [3.05, 3.63) is 77.0 Å². The molecule has 1 aliphatic rings. The third kappa shape index (κ3) is 4.20. The SMILES string of the molecule is Cc1nc2ccccc2c(C)c1CC(=O)N1CCC(NC(=O)c2ccccc2)CC1. The minimum absolute atomic E-state index is 0.0473. The van der Waals surface area contributed by atoms with Gasteiger partial charge in [0, 0.05) is 35.8 Å². The van der Waals surface area contributed by atoms with E-state index in [0.717, 1.165) is 40.6 Å². The normalized spacial score (nSPS) is 14.7. The van der Waals surface area contributed by atoms with E-state index in [1.165, 1.54) is 0 Å². The molecule has 2 amide bonds. The van der Waals surface area contributed by atoms with E-state index in [4.69, 9.17) is 0 Å². The van der Waals surface area contributed by atoms with E-state index in [0.29, 0.717) is 25.1 Å². The van der Waals surface area contributed by atoms with E-state index >= 15 is 0 Å². The first-order chi connectivity index (χ1) is 14.5. The molecule has 2 heterocycles. The van der Waals surface area contributed by atoms with Crippen LogP contribution in [0, 0.1) is 13.8 Å². The first-order valence-electron chi connectivity index (χ1n) is 10.5. The Balaban J connectivity index is 1.37. The van der Waals surface area contributed by atoms with Crippen molar-refractivity contribution >= 4 is 22.7 Å². The molecule has 154 valence electrons. The molecule has 2 aromatic carbocycles. The molecule has 5 nitrogen and oxygen atoms in total. The van der Waals surface area contributed by atoms with E-state index in [1.807, 2.05) is 60.4 Å². The summed E-state index contributed by atoms with van der Waals surface area (Å²) in [5.74, 6) is 0.0833. The summed E-state index contributed by atoms with van der Waals surface area (Å²) in [7, 11) is 0. The summed E-state index contributed by atoms with van der Waals surface area (Å²) in [4.78, 5) is 31.9. The van der Waals surface area contributed by atoms with Gasteiger partial charge in [0.2, 0.25) is 5.91 Å².